The molecule has 0 radical (unpaired) electrons. The summed E-state index contributed by atoms with van der Waals surface area (Å²) in [5, 5.41) is 11.4. The highest BCUT2D eigenvalue weighted by atomic mass is 16.4. The summed E-state index contributed by atoms with van der Waals surface area (Å²) in [5.74, 6) is 2.38. The number of carboxylic acids is 1. The highest BCUT2D eigenvalue weighted by Crippen LogP contribution is 2.37. The van der Waals surface area contributed by atoms with E-state index < -0.39 is 5.97 Å². The first-order chi connectivity index (χ1) is 13.0. The Labute approximate surface area is 155 Å². The Morgan fingerprint density at radius 3 is 1.89 bits per heavy atom. The van der Waals surface area contributed by atoms with Crippen LogP contribution in [0.4, 0.5) is 0 Å². The lowest BCUT2D eigenvalue weighted by Gasteiger charge is -2.11. The van der Waals surface area contributed by atoms with E-state index in [1.54, 1.807) is 24.3 Å². The summed E-state index contributed by atoms with van der Waals surface area (Å²) >= 11 is 0. The van der Waals surface area contributed by atoms with E-state index in [0.717, 1.165) is 11.5 Å². The molecule has 0 aliphatic rings. The van der Waals surface area contributed by atoms with Crippen LogP contribution in [0.25, 0.3) is 11.3 Å². The molecule has 3 heterocycles. The number of aryl methyl sites for hydroxylation is 2. The number of carboxylic acid groups (broad SMARTS) is 1. The number of benzene rings is 1. The number of aromatic carboxylic acids is 1. The fourth-order valence-corrected chi connectivity index (χ4v) is 3.17. The first-order valence-electron chi connectivity index (χ1n) is 8.56. The summed E-state index contributed by atoms with van der Waals surface area (Å²) in [7, 11) is 0. The Kier molecular flexibility index (Phi) is 4.20. The van der Waals surface area contributed by atoms with Crippen LogP contribution in [0.15, 0.2) is 73.9 Å². The third kappa shape index (κ3) is 3.19. The lowest BCUT2D eigenvalue weighted by molar-refractivity contribution is -0.254. The molecule has 0 spiro atoms. The SMILES string of the molecule is Cc1ccc(C(c2ccc(C)o2)c2ccc(-c3ccccc3C(=O)[O-])o2)o1. The zero-order valence-electron chi connectivity index (χ0n) is 14.9. The van der Waals surface area contributed by atoms with Crippen molar-refractivity contribution >= 4 is 5.97 Å². The van der Waals surface area contributed by atoms with Gasteiger partial charge in [-0.05, 0) is 50.2 Å². The van der Waals surface area contributed by atoms with Gasteiger partial charge in [-0.2, -0.15) is 0 Å². The molecule has 1 aromatic carbocycles. The van der Waals surface area contributed by atoms with Crippen molar-refractivity contribution in [1.29, 1.82) is 0 Å². The molecule has 0 aliphatic carbocycles. The molecule has 0 fully saturated rings. The van der Waals surface area contributed by atoms with Crippen molar-refractivity contribution in [2.45, 2.75) is 19.8 Å². The molecule has 0 amide bonds. The fourth-order valence-electron chi connectivity index (χ4n) is 3.17. The molecule has 5 heteroatoms. The van der Waals surface area contributed by atoms with Gasteiger partial charge in [-0.1, -0.05) is 24.3 Å². The van der Waals surface area contributed by atoms with Gasteiger partial charge in [0.25, 0.3) is 0 Å². The van der Waals surface area contributed by atoms with Crippen LogP contribution >= 0.6 is 0 Å². The average Bonchev–Trinajstić information content (AvgIpc) is 3.38. The maximum atomic E-state index is 11.4. The van der Waals surface area contributed by atoms with Gasteiger partial charge in [0.05, 0.1) is 5.97 Å². The monoisotopic (exact) mass is 361 g/mol. The highest BCUT2D eigenvalue weighted by Gasteiger charge is 2.27. The van der Waals surface area contributed by atoms with Crippen LogP contribution < -0.4 is 5.11 Å². The number of carbonyl (C=O) groups excluding carboxylic acids is 1. The smallest absolute Gasteiger partial charge is 0.134 e. The molecule has 0 aliphatic heterocycles. The maximum Gasteiger partial charge on any atom is 0.134 e. The number of rotatable bonds is 5. The van der Waals surface area contributed by atoms with Gasteiger partial charge in [-0.25, -0.2) is 0 Å². The molecule has 4 aromatic rings. The quantitative estimate of drug-likeness (QED) is 0.530. The molecule has 0 atom stereocenters. The molecule has 5 nitrogen and oxygen atoms in total. The summed E-state index contributed by atoms with van der Waals surface area (Å²) in [6.07, 6.45) is 0. The molecule has 0 saturated carbocycles. The predicted molar refractivity (Wildman–Crippen MR) is 96.3 cm³/mol. The van der Waals surface area contributed by atoms with Crippen LogP contribution in [0.5, 0.6) is 0 Å². The van der Waals surface area contributed by atoms with E-state index in [0.29, 0.717) is 28.6 Å². The summed E-state index contributed by atoms with van der Waals surface area (Å²) in [6.45, 7) is 3.75. The first-order valence-corrected chi connectivity index (χ1v) is 8.56. The average molecular weight is 361 g/mol. The minimum atomic E-state index is -1.25. The summed E-state index contributed by atoms with van der Waals surface area (Å²) in [5.41, 5.74) is 0.548. The van der Waals surface area contributed by atoms with Crippen molar-refractivity contribution in [1.82, 2.24) is 0 Å². The summed E-state index contributed by atoms with van der Waals surface area (Å²) < 4.78 is 17.7. The Morgan fingerprint density at radius 1 is 0.778 bits per heavy atom. The Morgan fingerprint density at radius 2 is 1.33 bits per heavy atom. The van der Waals surface area contributed by atoms with E-state index in [1.807, 2.05) is 44.2 Å². The number of hydrogen-bond donors (Lipinski definition) is 0. The third-order valence-corrected chi connectivity index (χ3v) is 4.42. The van der Waals surface area contributed by atoms with Crippen LogP contribution in [0.1, 0.15) is 45.1 Å². The minimum Gasteiger partial charge on any atom is -0.545 e. The second kappa shape index (κ2) is 6.68. The first kappa shape index (κ1) is 17.0. The second-order valence-electron chi connectivity index (χ2n) is 6.36. The maximum absolute atomic E-state index is 11.4. The van der Waals surface area contributed by atoms with E-state index in [4.69, 9.17) is 13.3 Å². The van der Waals surface area contributed by atoms with Gasteiger partial charge in [0.1, 0.15) is 40.5 Å². The predicted octanol–water partition coefficient (Wildman–Crippen LogP) is 4.29. The normalized spacial score (nSPS) is 11.2. The Bertz CT molecular complexity index is 1060. The molecule has 0 saturated heterocycles. The Hall–Kier alpha value is -3.47. The zero-order valence-corrected chi connectivity index (χ0v) is 14.9. The van der Waals surface area contributed by atoms with E-state index in [9.17, 15) is 9.90 Å². The van der Waals surface area contributed by atoms with Gasteiger partial charge in [-0.3, -0.25) is 0 Å². The lowest BCUT2D eigenvalue weighted by atomic mass is 10.0. The number of furan rings is 3. The molecule has 3 aromatic heterocycles. The molecule has 0 N–H and O–H groups in total. The molecule has 0 unspecified atom stereocenters. The van der Waals surface area contributed by atoms with Crippen LogP contribution in [-0.4, -0.2) is 5.97 Å². The lowest BCUT2D eigenvalue weighted by Crippen LogP contribution is -2.22. The highest BCUT2D eigenvalue weighted by molar-refractivity contribution is 5.93. The minimum absolute atomic E-state index is 0.0811. The molecular weight excluding hydrogens is 344 g/mol. The number of carbonyl (C=O) groups is 1. The van der Waals surface area contributed by atoms with Crippen LogP contribution in [0.2, 0.25) is 0 Å². The zero-order chi connectivity index (χ0) is 19.0. The van der Waals surface area contributed by atoms with Gasteiger partial charge in [0, 0.05) is 11.1 Å². The third-order valence-electron chi connectivity index (χ3n) is 4.42. The second-order valence-corrected chi connectivity index (χ2v) is 6.36. The van der Waals surface area contributed by atoms with Gasteiger partial charge < -0.3 is 23.2 Å². The fraction of sp³-hybridized carbons (Fsp3) is 0.136. The van der Waals surface area contributed by atoms with Crippen molar-refractivity contribution in [3.8, 4) is 11.3 Å². The van der Waals surface area contributed by atoms with E-state index in [1.165, 1.54) is 6.07 Å². The number of hydrogen-bond acceptors (Lipinski definition) is 5. The van der Waals surface area contributed by atoms with Crippen molar-refractivity contribution in [3.05, 3.63) is 95.0 Å². The standard InChI is InChI=1S/C22H18O5/c1-13-7-9-18(25-13)21(19-10-8-14(2)26-19)20-12-11-17(27-20)15-5-3-4-6-16(15)22(23)24/h3-12,21H,1-2H3,(H,23,24)/p-1. The summed E-state index contributed by atoms with van der Waals surface area (Å²) in [4.78, 5) is 11.4. The topological polar surface area (TPSA) is 79.5 Å². The molecule has 0 bridgehead atoms. The molecular formula is C22H17O5-. The van der Waals surface area contributed by atoms with E-state index in [2.05, 4.69) is 0 Å². The summed E-state index contributed by atoms with van der Waals surface area (Å²) in [6, 6.07) is 17.7. The largest absolute Gasteiger partial charge is 0.545 e. The van der Waals surface area contributed by atoms with Crippen molar-refractivity contribution in [2.75, 3.05) is 0 Å². The van der Waals surface area contributed by atoms with Crippen molar-refractivity contribution < 1.29 is 23.2 Å². The van der Waals surface area contributed by atoms with Gasteiger partial charge >= 0.3 is 0 Å². The van der Waals surface area contributed by atoms with Crippen LogP contribution in [0.3, 0.4) is 0 Å². The van der Waals surface area contributed by atoms with E-state index in [-0.39, 0.29) is 11.5 Å². The van der Waals surface area contributed by atoms with Gasteiger partial charge in [-0.15, -0.1) is 0 Å². The van der Waals surface area contributed by atoms with E-state index >= 15 is 0 Å². The van der Waals surface area contributed by atoms with Crippen LogP contribution in [0, 0.1) is 13.8 Å². The van der Waals surface area contributed by atoms with Crippen LogP contribution in [-0.2, 0) is 0 Å². The molecule has 4 rings (SSSR count). The van der Waals surface area contributed by atoms with Gasteiger partial charge in [0.15, 0.2) is 0 Å². The molecule has 136 valence electrons. The Balaban J connectivity index is 1.80. The molecule has 27 heavy (non-hydrogen) atoms. The van der Waals surface area contributed by atoms with Gasteiger partial charge in [0.2, 0.25) is 0 Å². The van der Waals surface area contributed by atoms with Crippen molar-refractivity contribution in [3.63, 3.8) is 0 Å². The van der Waals surface area contributed by atoms with Crippen molar-refractivity contribution in [2.24, 2.45) is 0 Å².